The highest BCUT2D eigenvalue weighted by Crippen LogP contribution is 2.22. The number of hydrogen-bond acceptors (Lipinski definition) is 3. The summed E-state index contributed by atoms with van der Waals surface area (Å²) >= 11 is 1.62. The molecule has 0 bridgehead atoms. The summed E-state index contributed by atoms with van der Waals surface area (Å²) in [6.07, 6.45) is 0.237. The summed E-state index contributed by atoms with van der Waals surface area (Å²) in [4.78, 5) is 15.9. The normalized spacial score (nSPS) is 10.5. The summed E-state index contributed by atoms with van der Waals surface area (Å²) in [5, 5.41) is 2.00. The first-order valence-corrected chi connectivity index (χ1v) is 9.20. The van der Waals surface area contributed by atoms with E-state index in [-0.39, 0.29) is 18.1 Å². The van der Waals surface area contributed by atoms with Gasteiger partial charge in [0.2, 0.25) is 5.91 Å². The molecule has 0 unspecified atom stereocenters. The Labute approximate surface area is 156 Å². The Morgan fingerprint density at radius 2 is 1.81 bits per heavy atom. The van der Waals surface area contributed by atoms with Gasteiger partial charge in [-0.1, -0.05) is 36.4 Å². The van der Waals surface area contributed by atoms with Crippen molar-refractivity contribution in [2.24, 2.45) is 0 Å². The SMILES string of the molecule is COc1ccccc1CN(Cc1cccs1)C(=O)Cc1ccc(F)cc1. The number of amides is 1. The highest BCUT2D eigenvalue weighted by molar-refractivity contribution is 7.09. The molecule has 3 aromatic rings. The first-order valence-electron chi connectivity index (χ1n) is 8.32. The average Bonchev–Trinajstić information content (AvgIpc) is 3.16. The fourth-order valence-electron chi connectivity index (χ4n) is 2.75. The third-order valence-corrected chi connectivity index (χ3v) is 4.96. The molecule has 0 saturated carbocycles. The van der Waals surface area contributed by atoms with E-state index >= 15 is 0 Å². The molecule has 26 heavy (non-hydrogen) atoms. The first kappa shape index (κ1) is 18.1. The molecule has 0 atom stereocenters. The van der Waals surface area contributed by atoms with Crippen molar-refractivity contribution in [2.45, 2.75) is 19.5 Å². The second-order valence-electron chi connectivity index (χ2n) is 5.94. The van der Waals surface area contributed by atoms with E-state index in [1.165, 1.54) is 12.1 Å². The molecule has 0 spiro atoms. The molecule has 3 rings (SSSR count). The van der Waals surface area contributed by atoms with Crippen molar-refractivity contribution in [2.75, 3.05) is 7.11 Å². The van der Waals surface area contributed by atoms with Crippen LogP contribution in [-0.2, 0) is 24.3 Å². The van der Waals surface area contributed by atoms with Crippen LogP contribution in [0.3, 0.4) is 0 Å². The van der Waals surface area contributed by atoms with Crippen LogP contribution >= 0.6 is 11.3 Å². The van der Waals surface area contributed by atoms with Crippen LogP contribution in [0.5, 0.6) is 5.75 Å². The Balaban J connectivity index is 1.80. The van der Waals surface area contributed by atoms with Crippen molar-refractivity contribution in [3.8, 4) is 5.75 Å². The molecule has 0 aliphatic carbocycles. The molecule has 0 fully saturated rings. The van der Waals surface area contributed by atoms with Crippen LogP contribution in [0.4, 0.5) is 4.39 Å². The number of ether oxygens (including phenoxy) is 1. The fraction of sp³-hybridized carbons (Fsp3) is 0.190. The molecule has 1 heterocycles. The molecule has 0 saturated heterocycles. The van der Waals surface area contributed by atoms with Gasteiger partial charge in [0.15, 0.2) is 0 Å². The number of carbonyl (C=O) groups is 1. The van der Waals surface area contributed by atoms with Gasteiger partial charge in [0.05, 0.1) is 20.1 Å². The Bertz CT molecular complexity index is 847. The number of halogens is 1. The third kappa shape index (κ3) is 4.70. The lowest BCUT2D eigenvalue weighted by Gasteiger charge is -2.23. The molecule has 2 aromatic carbocycles. The largest absolute Gasteiger partial charge is 0.496 e. The monoisotopic (exact) mass is 369 g/mol. The Morgan fingerprint density at radius 1 is 1.04 bits per heavy atom. The van der Waals surface area contributed by atoms with Crippen molar-refractivity contribution in [3.05, 3.63) is 87.9 Å². The van der Waals surface area contributed by atoms with Gasteiger partial charge in [-0.3, -0.25) is 4.79 Å². The van der Waals surface area contributed by atoms with Gasteiger partial charge in [0.25, 0.3) is 0 Å². The summed E-state index contributed by atoms with van der Waals surface area (Å²) in [6.45, 7) is 0.998. The summed E-state index contributed by atoms with van der Waals surface area (Å²) in [7, 11) is 1.63. The summed E-state index contributed by atoms with van der Waals surface area (Å²) in [6, 6.07) is 17.8. The Hall–Kier alpha value is -2.66. The van der Waals surface area contributed by atoms with Crippen LogP contribution in [-0.4, -0.2) is 17.9 Å². The quantitative estimate of drug-likeness (QED) is 0.606. The number of methoxy groups -OCH3 is 1. The third-order valence-electron chi connectivity index (χ3n) is 4.10. The van der Waals surface area contributed by atoms with Gasteiger partial charge in [-0.05, 0) is 35.2 Å². The van der Waals surface area contributed by atoms with E-state index in [0.29, 0.717) is 13.1 Å². The van der Waals surface area contributed by atoms with E-state index in [4.69, 9.17) is 4.74 Å². The number of thiophene rings is 1. The van der Waals surface area contributed by atoms with Crippen LogP contribution in [0.2, 0.25) is 0 Å². The molecule has 5 heteroatoms. The van der Waals surface area contributed by atoms with Crippen LogP contribution in [0.1, 0.15) is 16.0 Å². The number of hydrogen-bond donors (Lipinski definition) is 0. The van der Waals surface area contributed by atoms with Gasteiger partial charge in [0.1, 0.15) is 11.6 Å². The second kappa shape index (κ2) is 8.63. The molecule has 1 aromatic heterocycles. The maximum Gasteiger partial charge on any atom is 0.227 e. The van der Waals surface area contributed by atoms with Crippen molar-refractivity contribution in [3.63, 3.8) is 0 Å². The molecular formula is C21H20FNO2S. The smallest absolute Gasteiger partial charge is 0.227 e. The number of nitrogens with zero attached hydrogens (tertiary/aromatic N) is 1. The maximum atomic E-state index is 13.1. The zero-order chi connectivity index (χ0) is 18.4. The maximum absolute atomic E-state index is 13.1. The molecule has 3 nitrogen and oxygen atoms in total. The summed E-state index contributed by atoms with van der Waals surface area (Å²) in [5.74, 6) is 0.458. The molecule has 0 aliphatic rings. The van der Waals surface area contributed by atoms with Crippen LogP contribution in [0.25, 0.3) is 0 Å². The van der Waals surface area contributed by atoms with Crippen LogP contribution in [0.15, 0.2) is 66.0 Å². The van der Waals surface area contributed by atoms with Crippen molar-refractivity contribution in [1.82, 2.24) is 4.90 Å². The molecule has 0 aliphatic heterocycles. The van der Waals surface area contributed by atoms with Gasteiger partial charge in [0, 0.05) is 17.0 Å². The predicted molar refractivity (Wildman–Crippen MR) is 102 cm³/mol. The highest BCUT2D eigenvalue weighted by atomic mass is 32.1. The minimum Gasteiger partial charge on any atom is -0.496 e. The van der Waals surface area contributed by atoms with Crippen molar-refractivity contribution < 1.29 is 13.9 Å². The van der Waals surface area contributed by atoms with Gasteiger partial charge in [-0.15, -0.1) is 11.3 Å². The number of benzene rings is 2. The van der Waals surface area contributed by atoms with Crippen molar-refractivity contribution in [1.29, 1.82) is 0 Å². The Morgan fingerprint density at radius 3 is 2.50 bits per heavy atom. The van der Waals surface area contributed by atoms with E-state index in [1.54, 1.807) is 30.6 Å². The van der Waals surface area contributed by atoms with Gasteiger partial charge < -0.3 is 9.64 Å². The lowest BCUT2D eigenvalue weighted by molar-refractivity contribution is -0.131. The van der Waals surface area contributed by atoms with E-state index in [1.807, 2.05) is 46.7 Å². The molecule has 134 valence electrons. The van der Waals surface area contributed by atoms with E-state index in [0.717, 1.165) is 21.8 Å². The molecule has 1 amide bonds. The van der Waals surface area contributed by atoms with Gasteiger partial charge in [-0.2, -0.15) is 0 Å². The van der Waals surface area contributed by atoms with Gasteiger partial charge >= 0.3 is 0 Å². The number of carbonyl (C=O) groups excluding carboxylic acids is 1. The molecular weight excluding hydrogens is 349 g/mol. The zero-order valence-corrected chi connectivity index (χ0v) is 15.3. The van der Waals surface area contributed by atoms with Crippen LogP contribution in [0, 0.1) is 5.82 Å². The minimum absolute atomic E-state index is 0.00378. The summed E-state index contributed by atoms with van der Waals surface area (Å²) in [5.41, 5.74) is 1.76. The molecule has 0 N–H and O–H groups in total. The standard InChI is InChI=1S/C21H20FNO2S/c1-25-20-7-3-2-5-17(20)14-23(15-19-6-4-12-26-19)21(24)13-16-8-10-18(22)11-9-16/h2-12H,13-15H2,1H3. The first-order chi connectivity index (χ1) is 12.7. The topological polar surface area (TPSA) is 29.5 Å². The zero-order valence-electron chi connectivity index (χ0n) is 14.5. The highest BCUT2D eigenvalue weighted by Gasteiger charge is 2.17. The predicted octanol–water partition coefficient (Wildman–Crippen LogP) is 4.67. The van der Waals surface area contributed by atoms with E-state index in [9.17, 15) is 9.18 Å². The van der Waals surface area contributed by atoms with Gasteiger partial charge in [-0.25, -0.2) is 4.39 Å². The van der Waals surface area contributed by atoms with Crippen LogP contribution < -0.4 is 4.74 Å². The second-order valence-corrected chi connectivity index (χ2v) is 6.98. The minimum atomic E-state index is -0.300. The lowest BCUT2D eigenvalue weighted by atomic mass is 10.1. The van der Waals surface area contributed by atoms with Crippen molar-refractivity contribution >= 4 is 17.2 Å². The lowest BCUT2D eigenvalue weighted by Crippen LogP contribution is -2.31. The Kier molecular flexibility index (Phi) is 6.02. The number of para-hydroxylation sites is 1. The fourth-order valence-corrected chi connectivity index (χ4v) is 3.47. The summed E-state index contributed by atoms with van der Waals surface area (Å²) < 4.78 is 18.5. The average molecular weight is 369 g/mol. The van der Waals surface area contributed by atoms with E-state index in [2.05, 4.69) is 0 Å². The number of rotatable bonds is 7. The van der Waals surface area contributed by atoms with E-state index < -0.39 is 0 Å². The molecule has 0 radical (unpaired) electrons.